The number of fused-ring (bicyclic) bond motifs is 1. The van der Waals surface area contributed by atoms with Crippen LogP contribution in [0.15, 0.2) is 60.9 Å². The topological polar surface area (TPSA) is 69.9 Å². The Labute approximate surface area is 170 Å². The molecule has 0 aliphatic carbocycles. The van der Waals surface area contributed by atoms with Crippen LogP contribution in [0.3, 0.4) is 0 Å². The van der Waals surface area contributed by atoms with Crippen LogP contribution in [0.4, 0.5) is 0 Å². The first-order valence-electron chi connectivity index (χ1n) is 10.1. The predicted molar refractivity (Wildman–Crippen MR) is 112 cm³/mol. The molecule has 3 heterocycles. The van der Waals surface area contributed by atoms with Gasteiger partial charge in [0.15, 0.2) is 0 Å². The Balaban J connectivity index is 1.44. The van der Waals surface area contributed by atoms with E-state index < -0.39 is 5.91 Å². The molecule has 6 nitrogen and oxygen atoms in total. The molecule has 1 aliphatic rings. The monoisotopic (exact) mass is 390 g/mol. The van der Waals surface area contributed by atoms with E-state index in [4.69, 9.17) is 5.21 Å². The summed E-state index contributed by atoms with van der Waals surface area (Å²) in [4.78, 5) is 13.7. The number of rotatable bonds is 6. The summed E-state index contributed by atoms with van der Waals surface area (Å²) in [7, 11) is 0. The second kappa shape index (κ2) is 9.03. The Bertz CT molecular complexity index is 994. The van der Waals surface area contributed by atoms with Crippen molar-refractivity contribution < 1.29 is 10.0 Å². The summed E-state index contributed by atoms with van der Waals surface area (Å²) in [6.45, 7) is 2.13. The average molecular weight is 390 g/mol. The molecule has 1 aliphatic heterocycles. The van der Waals surface area contributed by atoms with Gasteiger partial charge in [0, 0.05) is 24.9 Å². The molecule has 0 radical (unpaired) electrons. The number of carbonyl (C=O) groups excluding carboxylic acids is 1. The molecule has 150 valence electrons. The fourth-order valence-electron chi connectivity index (χ4n) is 4.12. The van der Waals surface area contributed by atoms with Gasteiger partial charge < -0.3 is 0 Å². The number of likely N-dealkylation sites (tertiary alicyclic amines) is 1. The predicted octanol–water partition coefficient (Wildman–Crippen LogP) is 3.62. The highest BCUT2D eigenvalue weighted by molar-refractivity contribution is 5.90. The van der Waals surface area contributed by atoms with E-state index in [2.05, 4.69) is 34.3 Å². The minimum atomic E-state index is -0.528. The number of amides is 1. The van der Waals surface area contributed by atoms with Crippen molar-refractivity contribution in [2.24, 2.45) is 0 Å². The molecule has 1 saturated heterocycles. The van der Waals surface area contributed by atoms with Crippen molar-refractivity contribution in [1.82, 2.24) is 20.0 Å². The van der Waals surface area contributed by atoms with E-state index in [-0.39, 0.29) is 0 Å². The number of carbonyl (C=O) groups is 1. The van der Waals surface area contributed by atoms with Crippen LogP contribution in [0.1, 0.15) is 42.0 Å². The van der Waals surface area contributed by atoms with Crippen LogP contribution in [-0.2, 0) is 11.2 Å². The minimum Gasteiger partial charge on any atom is -0.296 e. The van der Waals surface area contributed by atoms with Gasteiger partial charge in [0.2, 0.25) is 0 Å². The molecule has 0 spiro atoms. The van der Waals surface area contributed by atoms with E-state index in [0.717, 1.165) is 31.5 Å². The largest absolute Gasteiger partial charge is 0.296 e. The van der Waals surface area contributed by atoms with E-state index in [9.17, 15) is 4.79 Å². The number of hydrogen-bond donors (Lipinski definition) is 2. The van der Waals surface area contributed by atoms with Crippen LogP contribution in [0.5, 0.6) is 0 Å². The smallest absolute Gasteiger partial charge is 0.267 e. The zero-order chi connectivity index (χ0) is 20.1. The molecule has 6 heteroatoms. The third kappa shape index (κ3) is 4.55. The molecule has 0 saturated carbocycles. The fraction of sp³-hybridized carbons (Fsp3) is 0.304. The molecular formula is C23H26N4O2. The fourth-order valence-corrected chi connectivity index (χ4v) is 4.12. The third-order valence-electron chi connectivity index (χ3n) is 5.65. The van der Waals surface area contributed by atoms with Crippen molar-refractivity contribution in [3.05, 3.63) is 77.6 Å². The molecule has 0 unspecified atom stereocenters. The van der Waals surface area contributed by atoms with Crippen molar-refractivity contribution in [3.63, 3.8) is 0 Å². The lowest BCUT2D eigenvalue weighted by Crippen LogP contribution is -2.35. The van der Waals surface area contributed by atoms with Gasteiger partial charge in [-0.15, -0.1) is 0 Å². The van der Waals surface area contributed by atoms with E-state index in [0.29, 0.717) is 6.04 Å². The second-order valence-corrected chi connectivity index (χ2v) is 7.47. The van der Waals surface area contributed by atoms with Gasteiger partial charge in [-0.2, -0.15) is 5.10 Å². The van der Waals surface area contributed by atoms with Crippen molar-refractivity contribution in [3.8, 4) is 0 Å². The Kier molecular flexibility index (Phi) is 6.03. The van der Waals surface area contributed by atoms with Crippen LogP contribution in [-0.4, -0.2) is 38.7 Å². The van der Waals surface area contributed by atoms with Crippen molar-refractivity contribution in [2.75, 3.05) is 13.1 Å². The molecule has 1 aromatic carbocycles. The summed E-state index contributed by atoms with van der Waals surface area (Å²) in [6.07, 6.45) is 11.6. The molecule has 1 atom stereocenters. The number of pyridine rings is 1. The van der Waals surface area contributed by atoms with E-state index in [1.54, 1.807) is 11.6 Å². The zero-order valence-electron chi connectivity index (χ0n) is 16.4. The number of nitrogens with zero attached hydrogens (tertiary/aromatic N) is 3. The summed E-state index contributed by atoms with van der Waals surface area (Å²) in [6, 6.07) is 14.9. The van der Waals surface area contributed by atoms with E-state index in [1.165, 1.54) is 35.6 Å². The van der Waals surface area contributed by atoms with Crippen molar-refractivity contribution in [2.45, 2.75) is 31.7 Å². The van der Waals surface area contributed by atoms with Gasteiger partial charge >= 0.3 is 0 Å². The van der Waals surface area contributed by atoms with Gasteiger partial charge in [-0.25, -0.2) is 10.00 Å². The Morgan fingerprint density at radius 2 is 2.07 bits per heavy atom. The van der Waals surface area contributed by atoms with Gasteiger partial charge in [0.05, 0.1) is 11.7 Å². The van der Waals surface area contributed by atoms with Crippen LogP contribution in [0.2, 0.25) is 0 Å². The average Bonchev–Trinajstić information content (AvgIpc) is 3.20. The van der Waals surface area contributed by atoms with Crippen molar-refractivity contribution in [1.29, 1.82) is 0 Å². The number of hydrogen-bond acceptors (Lipinski definition) is 4. The summed E-state index contributed by atoms with van der Waals surface area (Å²) in [5.74, 6) is -0.528. The molecule has 3 aromatic rings. The maximum absolute atomic E-state index is 11.1. The molecule has 0 bridgehead atoms. The second-order valence-electron chi connectivity index (χ2n) is 7.47. The lowest BCUT2D eigenvalue weighted by atomic mass is 9.94. The van der Waals surface area contributed by atoms with E-state index >= 15 is 0 Å². The lowest BCUT2D eigenvalue weighted by molar-refractivity contribution is -0.124. The molecule has 29 heavy (non-hydrogen) atoms. The van der Waals surface area contributed by atoms with Crippen LogP contribution in [0, 0.1) is 0 Å². The zero-order valence-corrected chi connectivity index (χ0v) is 16.4. The Hall–Kier alpha value is -2.96. The van der Waals surface area contributed by atoms with Crippen molar-refractivity contribution >= 4 is 17.5 Å². The molecule has 4 rings (SSSR count). The Morgan fingerprint density at radius 1 is 1.21 bits per heavy atom. The third-order valence-corrected chi connectivity index (χ3v) is 5.65. The maximum atomic E-state index is 11.1. The molecular weight excluding hydrogens is 364 g/mol. The highest BCUT2D eigenvalue weighted by atomic mass is 16.5. The lowest BCUT2D eigenvalue weighted by Gasteiger charge is -2.36. The van der Waals surface area contributed by atoms with E-state index in [1.807, 2.05) is 35.1 Å². The number of aromatic nitrogens is 2. The molecule has 1 fully saturated rings. The number of piperidine rings is 1. The standard InChI is InChI=1S/C23H26N4O2/c28-23(25-29)12-9-18-7-10-19(11-8-18)21-5-1-3-14-26(21)16-13-20-17-24-27-15-4-2-6-22(20)27/h2,4,6-12,15,17,21,29H,1,3,5,13-14,16H2,(H,25,28)/t21-/m0/s1. The quantitative estimate of drug-likeness (QED) is 0.383. The summed E-state index contributed by atoms with van der Waals surface area (Å²) in [5.41, 5.74) is 6.33. The summed E-state index contributed by atoms with van der Waals surface area (Å²) < 4.78 is 1.94. The van der Waals surface area contributed by atoms with Gasteiger partial charge in [-0.1, -0.05) is 36.8 Å². The summed E-state index contributed by atoms with van der Waals surface area (Å²) >= 11 is 0. The van der Waals surface area contributed by atoms with Crippen LogP contribution in [0.25, 0.3) is 11.6 Å². The van der Waals surface area contributed by atoms with Gasteiger partial charge in [0.25, 0.3) is 5.91 Å². The first-order valence-corrected chi connectivity index (χ1v) is 10.1. The Morgan fingerprint density at radius 3 is 2.90 bits per heavy atom. The molecule has 1 amide bonds. The SMILES string of the molecule is O=C(C=Cc1ccc([C@@H]2CCCCN2CCc2cnn3ccccc23)cc1)NO. The number of nitrogens with one attached hydrogen (secondary N) is 1. The van der Waals surface area contributed by atoms with Crippen LogP contribution < -0.4 is 5.48 Å². The normalized spacial score (nSPS) is 17.8. The number of hydroxylamine groups is 1. The minimum absolute atomic E-state index is 0.421. The number of benzene rings is 1. The van der Waals surface area contributed by atoms with Gasteiger partial charge in [-0.05, 0) is 60.7 Å². The molecule has 2 aromatic heterocycles. The highest BCUT2D eigenvalue weighted by Crippen LogP contribution is 2.31. The highest BCUT2D eigenvalue weighted by Gasteiger charge is 2.23. The van der Waals surface area contributed by atoms with Gasteiger partial charge in [0.1, 0.15) is 0 Å². The summed E-state index contributed by atoms with van der Waals surface area (Å²) in [5, 5.41) is 13.0. The van der Waals surface area contributed by atoms with Gasteiger partial charge in [-0.3, -0.25) is 14.9 Å². The maximum Gasteiger partial charge on any atom is 0.267 e. The van der Waals surface area contributed by atoms with Crippen LogP contribution >= 0.6 is 0 Å². The first kappa shape index (κ1) is 19.4. The first-order chi connectivity index (χ1) is 14.2. The molecule has 2 N–H and O–H groups in total.